The van der Waals surface area contributed by atoms with Gasteiger partial charge in [0, 0.05) is 19.2 Å². The molecular formula is C16H21NO5. The lowest BCUT2D eigenvalue weighted by atomic mass is 10.1. The Hall–Kier alpha value is -2.21. The highest BCUT2D eigenvalue weighted by Gasteiger charge is 2.15. The summed E-state index contributed by atoms with van der Waals surface area (Å²) in [5.74, 6) is 1.61. The minimum Gasteiger partial charge on any atom is -0.493 e. The van der Waals surface area contributed by atoms with Gasteiger partial charge in [-0.1, -0.05) is 0 Å². The molecule has 1 fully saturated rings. The van der Waals surface area contributed by atoms with Gasteiger partial charge >= 0.3 is 0 Å². The van der Waals surface area contributed by atoms with Crippen molar-refractivity contribution in [2.75, 3.05) is 47.6 Å². The first-order valence-electron chi connectivity index (χ1n) is 7.04. The Morgan fingerprint density at radius 1 is 1.09 bits per heavy atom. The van der Waals surface area contributed by atoms with Crippen molar-refractivity contribution in [3.63, 3.8) is 0 Å². The number of nitrogens with zero attached hydrogens (tertiary/aromatic N) is 1. The van der Waals surface area contributed by atoms with Crippen LogP contribution in [0.4, 0.5) is 0 Å². The van der Waals surface area contributed by atoms with E-state index in [1.807, 2.05) is 0 Å². The summed E-state index contributed by atoms with van der Waals surface area (Å²) in [6.45, 7) is 2.42. The normalized spacial score (nSPS) is 15.0. The number of carbonyl (C=O) groups is 1. The van der Waals surface area contributed by atoms with Gasteiger partial charge in [0.25, 0.3) is 0 Å². The maximum Gasteiger partial charge on any atom is 0.246 e. The maximum absolute atomic E-state index is 12.1. The Morgan fingerprint density at radius 3 is 2.18 bits per heavy atom. The summed E-state index contributed by atoms with van der Waals surface area (Å²) in [5, 5.41) is 0. The van der Waals surface area contributed by atoms with Gasteiger partial charge in [-0.05, 0) is 23.8 Å². The SMILES string of the molecule is COc1cc(/C=C\C(=O)N2CCOCC2)cc(OC)c1OC. The maximum atomic E-state index is 12.1. The first-order chi connectivity index (χ1) is 10.7. The Kier molecular flexibility index (Phi) is 5.66. The third-order valence-electron chi connectivity index (χ3n) is 3.43. The zero-order valence-electron chi connectivity index (χ0n) is 13.1. The molecule has 0 radical (unpaired) electrons. The van der Waals surface area contributed by atoms with E-state index in [4.69, 9.17) is 18.9 Å². The van der Waals surface area contributed by atoms with E-state index in [0.29, 0.717) is 43.6 Å². The van der Waals surface area contributed by atoms with E-state index in [1.165, 1.54) is 0 Å². The van der Waals surface area contributed by atoms with Gasteiger partial charge < -0.3 is 23.8 Å². The molecule has 0 bridgehead atoms. The van der Waals surface area contributed by atoms with Crippen molar-refractivity contribution in [2.45, 2.75) is 0 Å². The van der Waals surface area contributed by atoms with Crippen LogP contribution in [0.2, 0.25) is 0 Å². The molecule has 0 spiro atoms. The highest BCUT2D eigenvalue weighted by molar-refractivity contribution is 5.92. The number of morpholine rings is 1. The van der Waals surface area contributed by atoms with E-state index in [-0.39, 0.29) is 5.91 Å². The zero-order chi connectivity index (χ0) is 15.9. The number of carbonyl (C=O) groups excluding carboxylic acids is 1. The first kappa shape index (κ1) is 16.2. The molecule has 2 rings (SSSR count). The van der Waals surface area contributed by atoms with Crippen LogP contribution in [0.1, 0.15) is 5.56 Å². The summed E-state index contributed by atoms with van der Waals surface area (Å²) in [6.07, 6.45) is 3.29. The molecule has 0 N–H and O–H groups in total. The summed E-state index contributed by atoms with van der Waals surface area (Å²) in [7, 11) is 4.67. The van der Waals surface area contributed by atoms with Crippen LogP contribution in [-0.2, 0) is 9.53 Å². The van der Waals surface area contributed by atoms with E-state index in [1.54, 1.807) is 50.5 Å². The number of ether oxygens (including phenoxy) is 4. The number of hydrogen-bond acceptors (Lipinski definition) is 5. The van der Waals surface area contributed by atoms with Gasteiger partial charge in [-0.25, -0.2) is 0 Å². The van der Waals surface area contributed by atoms with Crippen LogP contribution in [0.3, 0.4) is 0 Å². The molecule has 1 aliphatic rings. The lowest BCUT2D eigenvalue weighted by Crippen LogP contribution is -2.39. The second-order valence-corrected chi connectivity index (χ2v) is 4.73. The molecule has 1 aromatic carbocycles. The topological polar surface area (TPSA) is 57.2 Å². The van der Waals surface area contributed by atoms with Gasteiger partial charge in [0.15, 0.2) is 11.5 Å². The third-order valence-corrected chi connectivity index (χ3v) is 3.43. The molecular weight excluding hydrogens is 286 g/mol. The van der Waals surface area contributed by atoms with Crippen molar-refractivity contribution < 1.29 is 23.7 Å². The van der Waals surface area contributed by atoms with Crippen LogP contribution in [0, 0.1) is 0 Å². The number of hydrogen-bond donors (Lipinski definition) is 0. The van der Waals surface area contributed by atoms with Crippen molar-refractivity contribution in [3.8, 4) is 17.2 Å². The summed E-state index contributed by atoms with van der Waals surface area (Å²) < 4.78 is 21.1. The third kappa shape index (κ3) is 3.71. The van der Waals surface area contributed by atoms with E-state index in [9.17, 15) is 4.79 Å². The number of benzene rings is 1. The molecule has 120 valence electrons. The molecule has 0 atom stereocenters. The minimum atomic E-state index is -0.0305. The Bertz CT molecular complexity index is 524. The molecule has 1 saturated heterocycles. The summed E-state index contributed by atoms with van der Waals surface area (Å²) >= 11 is 0. The second kappa shape index (κ2) is 7.70. The van der Waals surface area contributed by atoms with Crippen molar-refractivity contribution in [3.05, 3.63) is 23.8 Å². The molecule has 1 aromatic rings. The first-order valence-corrected chi connectivity index (χ1v) is 7.04. The van der Waals surface area contributed by atoms with Crippen LogP contribution in [0.5, 0.6) is 17.2 Å². The van der Waals surface area contributed by atoms with Gasteiger partial charge in [0.1, 0.15) is 0 Å². The van der Waals surface area contributed by atoms with Crippen molar-refractivity contribution >= 4 is 12.0 Å². The van der Waals surface area contributed by atoms with Crippen LogP contribution in [0.25, 0.3) is 6.08 Å². The van der Waals surface area contributed by atoms with E-state index >= 15 is 0 Å². The van der Waals surface area contributed by atoms with Crippen LogP contribution < -0.4 is 14.2 Å². The van der Waals surface area contributed by atoms with E-state index in [0.717, 1.165) is 5.56 Å². The number of amides is 1. The van der Waals surface area contributed by atoms with Crippen molar-refractivity contribution in [1.82, 2.24) is 4.90 Å². The minimum absolute atomic E-state index is 0.0305. The number of rotatable bonds is 5. The van der Waals surface area contributed by atoms with Crippen LogP contribution >= 0.6 is 0 Å². The average Bonchev–Trinajstić information content (AvgIpc) is 2.59. The fourth-order valence-corrected chi connectivity index (χ4v) is 2.25. The molecule has 0 aliphatic carbocycles. The molecule has 6 nitrogen and oxygen atoms in total. The van der Waals surface area contributed by atoms with E-state index in [2.05, 4.69) is 0 Å². The van der Waals surface area contributed by atoms with Crippen LogP contribution in [-0.4, -0.2) is 58.4 Å². The van der Waals surface area contributed by atoms with Gasteiger partial charge in [-0.3, -0.25) is 4.79 Å². The summed E-state index contributed by atoms with van der Waals surface area (Å²) in [5.41, 5.74) is 0.802. The smallest absolute Gasteiger partial charge is 0.246 e. The summed E-state index contributed by atoms with van der Waals surface area (Å²) in [6, 6.07) is 3.59. The zero-order valence-corrected chi connectivity index (χ0v) is 13.1. The Morgan fingerprint density at radius 2 is 1.68 bits per heavy atom. The molecule has 1 heterocycles. The largest absolute Gasteiger partial charge is 0.493 e. The highest BCUT2D eigenvalue weighted by atomic mass is 16.5. The van der Waals surface area contributed by atoms with E-state index < -0.39 is 0 Å². The lowest BCUT2D eigenvalue weighted by Gasteiger charge is -2.25. The standard InChI is InChI=1S/C16H21NO5/c1-19-13-10-12(11-14(20-2)16(13)21-3)4-5-15(18)17-6-8-22-9-7-17/h4-5,10-11H,6-9H2,1-3H3/b5-4-. The van der Waals surface area contributed by atoms with Gasteiger partial charge in [-0.15, -0.1) is 0 Å². The van der Waals surface area contributed by atoms with Crippen LogP contribution in [0.15, 0.2) is 18.2 Å². The molecule has 1 aliphatic heterocycles. The fraction of sp³-hybridized carbons (Fsp3) is 0.438. The predicted octanol–water partition coefficient (Wildman–Crippen LogP) is 1.58. The second-order valence-electron chi connectivity index (χ2n) is 4.73. The van der Waals surface area contributed by atoms with Gasteiger partial charge in [0.2, 0.25) is 11.7 Å². The highest BCUT2D eigenvalue weighted by Crippen LogP contribution is 2.38. The average molecular weight is 307 g/mol. The molecule has 0 saturated carbocycles. The quantitative estimate of drug-likeness (QED) is 0.773. The monoisotopic (exact) mass is 307 g/mol. The molecule has 0 unspecified atom stereocenters. The number of methoxy groups -OCH3 is 3. The molecule has 22 heavy (non-hydrogen) atoms. The van der Waals surface area contributed by atoms with Crippen molar-refractivity contribution in [1.29, 1.82) is 0 Å². The Balaban J connectivity index is 2.17. The van der Waals surface area contributed by atoms with Gasteiger partial charge in [0.05, 0.1) is 34.5 Å². The molecule has 1 amide bonds. The fourth-order valence-electron chi connectivity index (χ4n) is 2.25. The van der Waals surface area contributed by atoms with Crippen molar-refractivity contribution in [2.24, 2.45) is 0 Å². The Labute approximate surface area is 130 Å². The lowest BCUT2D eigenvalue weighted by molar-refractivity contribution is -0.129. The molecule has 6 heteroatoms. The predicted molar refractivity (Wildman–Crippen MR) is 82.5 cm³/mol. The summed E-state index contributed by atoms with van der Waals surface area (Å²) in [4.78, 5) is 13.9. The molecule has 0 aromatic heterocycles. The van der Waals surface area contributed by atoms with Gasteiger partial charge in [-0.2, -0.15) is 0 Å².